The Morgan fingerprint density at radius 1 is 1.32 bits per heavy atom. The molecule has 1 aromatic heterocycles. The highest BCUT2D eigenvalue weighted by atomic mass is 16.6. The quantitative estimate of drug-likeness (QED) is 0.659. The third-order valence-electron chi connectivity index (χ3n) is 2.84. The number of hydrogen-bond acceptors (Lipinski definition) is 6. The van der Waals surface area contributed by atoms with E-state index in [0.29, 0.717) is 5.56 Å². The van der Waals surface area contributed by atoms with Crippen LogP contribution in [0.15, 0.2) is 30.7 Å². The topological polar surface area (TPSA) is 133 Å². The van der Waals surface area contributed by atoms with Crippen LogP contribution in [0.3, 0.4) is 0 Å². The molecule has 10 heteroatoms. The van der Waals surface area contributed by atoms with Gasteiger partial charge in [0, 0.05) is 6.07 Å². The molecule has 0 radical (unpaired) electrons. The number of amides is 1. The van der Waals surface area contributed by atoms with Crippen molar-refractivity contribution in [1.29, 1.82) is 0 Å². The van der Waals surface area contributed by atoms with Crippen molar-refractivity contribution in [2.75, 3.05) is 5.32 Å². The van der Waals surface area contributed by atoms with Crippen molar-refractivity contribution in [3.8, 4) is 0 Å². The Morgan fingerprint density at radius 2 is 2.05 bits per heavy atom. The predicted octanol–water partition coefficient (Wildman–Crippen LogP) is 1.65. The zero-order chi connectivity index (χ0) is 16.3. The maximum atomic E-state index is 11.9. The molecule has 1 N–H and O–H groups in total. The minimum Gasteiger partial charge on any atom is -0.358 e. The Balaban J connectivity index is 2.15. The summed E-state index contributed by atoms with van der Waals surface area (Å²) < 4.78 is 1.22. The van der Waals surface area contributed by atoms with Gasteiger partial charge in [-0.15, -0.1) is 0 Å². The van der Waals surface area contributed by atoms with Crippen molar-refractivity contribution < 1.29 is 14.6 Å². The van der Waals surface area contributed by atoms with Crippen molar-refractivity contribution >= 4 is 23.1 Å². The van der Waals surface area contributed by atoms with E-state index in [2.05, 4.69) is 10.3 Å². The number of aromatic nitrogens is 2. The van der Waals surface area contributed by atoms with Gasteiger partial charge in [-0.1, -0.05) is 12.1 Å². The number of aryl methyl sites for hydroxylation is 1. The number of nitrogens with zero attached hydrogens (tertiary/aromatic N) is 4. The highest BCUT2D eigenvalue weighted by Crippen LogP contribution is 2.27. The van der Waals surface area contributed by atoms with Crippen LogP contribution in [0.1, 0.15) is 5.56 Å². The van der Waals surface area contributed by atoms with E-state index in [-0.39, 0.29) is 23.7 Å². The Labute approximate surface area is 123 Å². The molecule has 0 aliphatic rings. The first kappa shape index (κ1) is 15.1. The first-order valence-corrected chi connectivity index (χ1v) is 6.08. The minimum absolute atomic E-state index is 0.104. The van der Waals surface area contributed by atoms with E-state index in [1.54, 1.807) is 13.0 Å². The van der Waals surface area contributed by atoms with E-state index in [1.165, 1.54) is 16.7 Å². The van der Waals surface area contributed by atoms with E-state index >= 15 is 0 Å². The fraction of sp³-hybridized carbons (Fsp3) is 0.167. The summed E-state index contributed by atoms with van der Waals surface area (Å²) in [5, 5.41) is 23.9. The molecule has 114 valence electrons. The van der Waals surface area contributed by atoms with E-state index in [9.17, 15) is 25.0 Å². The van der Waals surface area contributed by atoms with E-state index in [1.807, 2.05) is 0 Å². The van der Waals surface area contributed by atoms with E-state index in [0.717, 1.165) is 12.5 Å². The van der Waals surface area contributed by atoms with Crippen LogP contribution in [0.2, 0.25) is 0 Å². The Bertz CT molecular complexity index is 754. The Morgan fingerprint density at radius 3 is 2.64 bits per heavy atom. The number of carbonyl (C=O) groups is 1. The van der Waals surface area contributed by atoms with Gasteiger partial charge in [-0.2, -0.15) is 0 Å². The van der Waals surface area contributed by atoms with Gasteiger partial charge in [-0.25, -0.2) is 0 Å². The molecule has 1 heterocycles. The maximum absolute atomic E-state index is 11.9. The molecular formula is C12H11N5O5. The highest BCUT2D eigenvalue weighted by Gasteiger charge is 2.18. The number of imidazole rings is 1. The van der Waals surface area contributed by atoms with Crippen LogP contribution in [0, 0.1) is 27.2 Å². The Hall–Kier alpha value is -3.30. The summed E-state index contributed by atoms with van der Waals surface area (Å²) in [5.41, 5.74) is 0.427. The molecule has 0 aliphatic heterocycles. The lowest BCUT2D eigenvalue weighted by atomic mass is 10.1. The molecule has 0 bridgehead atoms. The zero-order valence-electron chi connectivity index (χ0n) is 11.4. The molecule has 2 aromatic rings. The van der Waals surface area contributed by atoms with Gasteiger partial charge in [0.25, 0.3) is 5.69 Å². The first-order valence-electron chi connectivity index (χ1n) is 6.08. The van der Waals surface area contributed by atoms with Gasteiger partial charge in [0.1, 0.15) is 18.4 Å². The molecule has 0 atom stereocenters. The lowest BCUT2D eigenvalue weighted by molar-refractivity contribution is -0.389. The van der Waals surface area contributed by atoms with Gasteiger partial charge in [0.05, 0.1) is 4.92 Å². The number of para-hydroxylation sites is 1. The van der Waals surface area contributed by atoms with Gasteiger partial charge in [0.2, 0.25) is 12.2 Å². The molecule has 1 amide bonds. The Kier molecular flexibility index (Phi) is 4.11. The van der Waals surface area contributed by atoms with Gasteiger partial charge < -0.3 is 20.0 Å². The number of nitrogens with one attached hydrogen (secondary N) is 1. The summed E-state index contributed by atoms with van der Waals surface area (Å²) in [6.45, 7) is 1.39. The van der Waals surface area contributed by atoms with Crippen LogP contribution < -0.4 is 5.32 Å². The molecule has 0 saturated carbocycles. The zero-order valence-corrected chi connectivity index (χ0v) is 11.4. The van der Waals surface area contributed by atoms with Gasteiger partial charge in [0.15, 0.2) is 0 Å². The first-order chi connectivity index (χ1) is 10.4. The second-order valence-electron chi connectivity index (χ2n) is 4.44. The molecule has 0 unspecified atom stereocenters. The lowest BCUT2D eigenvalue weighted by Crippen LogP contribution is -2.19. The second-order valence-corrected chi connectivity index (χ2v) is 4.44. The molecule has 0 aliphatic carbocycles. The number of nitro benzene ring substituents is 1. The summed E-state index contributed by atoms with van der Waals surface area (Å²) in [5.74, 6) is -0.931. The van der Waals surface area contributed by atoms with Crippen molar-refractivity contribution in [3.63, 3.8) is 0 Å². The summed E-state index contributed by atoms with van der Waals surface area (Å²) in [6.07, 6.45) is 2.25. The smallest absolute Gasteiger partial charge is 0.358 e. The highest BCUT2D eigenvalue weighted by molar-refractivity contribution is 5.93. The number of rotatable bonds is 5. The molecule has 2 rings (SSSR count). The van der Waals surface area contributed by atoms with E-state index in [4.69, 9.17) is 0 Å². The summed E-state index contributed by atoms with van der Waals surface area (Å²) in [4.78, 5) is 35.6. The monoisotopic (exact) mass is 305 g/mol. The SMILES string of the molecule is Cc1cccc([N+](=O)[O-])c1NC(=O)Cn1cnc([N+](=O)[O-])c1. The third-order valence-corrected chi connectivity index (χ3v) is 2.84. The average Bonchev–Trinajstić information content (AvgIpc) is 2.89. The molecule has 0 spiro atoms. The number of carbonyl (C=O) groups excluding carboxylic acids is 1. The second kappa shape index (κ2) is 5.99. The fourth-order valence-corrected chi connectivity index (χ4v) is 1.84. The van der Waals surface area contributed by atoms with Gasteiger partial charge >= 0.3 is 5.82 Å². The predicted molar refractivity (Wildman–Crippen MR) is 75.3 cm³/mol. The number of benzene rings is 1. The molecule has 22 heavy (non-hydrogen) atoms. The van der Waals surface area contributed by atoms with Crippen LogP contribution >= 0.6 is 0 Å². The third kappa shape index (κ3) is 3.23. The van der Waals surface area contributed by atoms with Crippen LogP contribution in [-0.4, -0.2) is 25.3 Å². The van der Waals surface area contributed by atoms with Crippen molar-refractivity contribution in [2.24, 2.45) is 0 Å². The molecule has 0 fully saturated rings. The number of hydrogen-bond donors (Lipinski definition) is 1. The lowest BCUT2D eigenvalue weighted by Gasteiger charge is -2.08. The van der Waals surface area contributed by atoms with Crippen molar-refractivity contribution in [2.45, 2.75) is 13.5 Å². The summed E-state index contributed by atoms with van der Waals surface area (Å²) >= 11 is 0. The normalized spacial score (nSPS) is 10.2. The number of anilines is 1. The summed E-state index contributed by atoms with van der Waals surface area (Å²) in [7, 11) is 0. The fourth-order valence-electron chi connectivity index (χ4n) is 1.84. The summed E-state index contributed by atoms with van der Waals surface area (Å²) in [6, 6.07) is 4.43. The van der Waals surface area contributed by atoms with Crippen LogP contribution in [-0.2, 0) is 11.3 Å². The van der Waals surface area contributed by atoms with Gasteiger partial charge in [-0.05, 0) is 22.4 Å². The average molecular weight is 305 g/mol. The van der Waals surface area contributed by atoms with Crippen molar-refractivity contribution in [1.82, 2.24) is 9.55 Å². The van der Waals surface area contributed by atoms with Gasteiger partial charge in [-0.3, -0.25) is 14.9 Å². The molecule has 0 saturated heterocycles. The molecule has 10 nitrogen and oxygen atoms in total. The van der Waals surface area contributed by atoms with Crippen LogP contribution in [0.5, 0.6) is 0 Å². The molecular weight excluding hydrogens is 294 g/mol. The minimum atomic E-state index is -0.680. The van der Waals surface area contributed by atoms with E-state index < -0.39 is 15.8 Å². The standard InChI is InChI=1S/C12H11N5O5/c1-8-3-2-4-9(16(19)20)12(8)14-11(18)6-15-5-10(13-7-15)17(21)22/h2-5,7H,6H2,1H3,(H,14,18). The van der Waals surface area contributed by atoms with Crippen molar-refractivity contribution in [3.05, 3.63) is 56.5 Å². The van der Waals surface area contributed by atoms with Crippen LogP contribution in [0.4, 0.5) is 17.2 Å². The molecule has 1 aromatic carbocycles. The largest absolute Gasteiger partial charge is 0.381 e. The maximum Gasteiger partial charge on any atom is 0.381 e. The van der Waals surface area contributed by atoms with Crippen LogP contribution in [0.25, 0.3) is 0 Å². The number of nitro groups is 2.